The van der Waals surface area contributed by atoms with Gasteiger partial charge in [0, 0.05) is 11.1 Å². The molecule has 5 heteroatoms. The Balaban J connectivity index is 2.88. The SMILES string of the molecule is CC(C)(O)CON1C(C)(C)CC(C(=O)O)CC1(C)C. The molecular weight excluding hydrogens is 246 g/mol. The molecule has 0 radical (unpaired) electrons. The van der Waals surface area contributed by atoms with Gasteiger partial charge in [0.15, 0.2) is 0 Å². The van der Waals surface area contributed by atoms with Gasteiger partial charge in [0.25, 0.3) is 0 Å². The largest absolute Gasteiger partial charge is 0.481 e. The van der Waals surface area contributed by atoms with Gasteiger partial charge in [-0.3, -0.25) is 9.63 Å². The molecule has 0 aromatic carbocycles. The van der Waals surface area contributed by atoms with Gasteiger partial charge in [0.2, 0.25) is 0 Å². The second-order valence-corrected chi connectivity index (χ2v) is 7.45. The second-order valence-electron chi connectivity index (χ2n) is 7.45. The highest BCUT2D eigenvalue weighted by Crippen LogP contribution is 2.41. The van der Waals surface area contributed by atoms with Crippen LogP contribution in [0.15, 0.2) is 0 Å². The molecule has 0 spiro atoms. The molecule has 0 saturated carbocycles. The van der Waals surface area contributed by atoms with Crippen molar-refractivity contribution in [2.75, 3.05) is 6.61 Å². The molecule has 0 aliphatic carbocycles. The molecule has 1 aliphatic heterocycles. The minimum absolute atomic E-state index is 0.192. The van der Waals surface area contributed by atoms with Crippen LogP contribution in [0.25, 0.3) is 0 Å². The Morgan fingerprint density at radius 3 is 2.00 bits per heavy atom. The minimum Gasteiger partial charge on any atom is -0.481 e. The number of piperidine rings is 1. The fraction of sp³-hybridized carbons (Fsp3) is 0.929. The van der Waals surface area contributed by atoms with E-state index in [1.54, 1.807) is 13.8 Å². The number of rotatable bonds is 4. The first-order chi connectivity index (χ1) is 8.35. The summed E-state index contributed by atoms with van der Waals surface area (Å²) in [6.45, 7) is 11.5. The molecule has 1 fully saturated rings. The normalized spacial score (nSPS) is 24.4. The summed E-state index contributed by atoms with van der Waals surface area (Å²) in [5, 5.41) is 20.9. The zero-order valence-corrected chi connectivity index (χ0v) is 12.9. The quantitative estimate of drug-likeness (QED) is 0.820. The third-order valence-electron chi connectivity index (χ3n) is 3.49. The Kier molecular flexibility index (Phi) is 4.35. The number of aliphatic hydroxyl groups is 1. The molecule has 2 N–H and O–H groups in total. The van der Waals surface area contributed by atoms with Gasteiger partial charge in [-0.05, 0) is 54.4 Å². The summed E-state index contributed by atoms with van der Waals surface area (Å²) in [4.78, 5) is 17.1. The first-order valence-electron chi connectivity index (χ1n) is 6.74. The lowest BCUT2D eigenvalue weighted by Gasteiger charge is -2.53. The summed E-state index contributed by atoms with van der Waals surface area (Å²) in [6.07, 6.45) is 1.08. The van der Waals surface area contributed by atoms with Crippen LogP contribution in [0, 0.1) is 5.92 Å². The molecule has 112 valence electrons. The highest BCUT2D eigenvalue weighted by molar-refractivity contribution is 5.70. The van der Waals surface area contributed by atoms with E-state index in [0.717, 1.165) is 0 Å². The number of aliphatic carboxylic acids is 1. The van der Waals surface area contributed by atoms with E-state index >= 15 is 0 Å². The number of hydrogen-bond acceptors (Lipinski definition) is 4. The third kappa shape index (κ3) is 4.16. The minimum atomic E-state index is -0.907. The topological polar surface area (TPSA) is 70.0 Å². The molecule has 0 aromatic heterocycles. The highest BCUT2D eigenvalue weighted by Gasteiger charge is 2.48. The van der Waals surface area contributed by atoms with Crippen molar-refractivity contribution in [1.82, 2.24) is 5.06 Å². The van der Waals surface area contributed by atoms with E-state index in [2.05, 4.69) is 0 Å². The number of carboxylic acids is 1. The molecule has 0 unspecified atom stereocenters. The number of hydroxylamine groups is 2. The Morgan fingerprint density at radius 1 is 1.26 bits per heavy atom. The third-order valence-corrected chi connectivity index (χ3v) is 3.49. The van der Waals surface area contributed by atoms with E-state index < -0.39 is 11.6 Å². The first kappa shape index (κ1) is 16.4. The number of hydrogen-bond donors (Lipinski definition) is 2. The van der Waals surface area contributed by atoms with Crippen molar-refractivity contribution < 1.29 is 19.8 Å². The van der Waals surface area contributed by atoms with Crippen LogP contribution in [0.3, 0.4) is 0 Å². The molecule has 1 aliphatic rings. The van der Waals surface area contributed by atoms with Gasteiger partial charge < -0.3 is 10.2 Å². The maximum Gasteiger partial charge on any atom is 0.306 e. The van der Waals surface area contributed by atoms with Crippen molar-refractivity contribution in [2.45, 2.75) is 71.1 Å². The van der Waals surface area contributed by atoms with E-state index in [0.29, 0.717) is 12.8 Å². The van der Waals surface area contributed by atoms with E-state index in [4.69, 9.17) is 4.84 Å². The predicted octanol–water partition coefficient (Wildman–Crippen LogP) is 2.04. The zero-order chi connectivity index (χ0) is 15.1. The first-order valence-corrected chi connectivity index (χ1v) is 6.74. The van der Waals surface area contributed by atoms with Crippen molar-refractivity contribution in [2.24, 2.45) is 5.92 Å². The lowest BCUT2D eigenvalue weighted by Crippen LogP contribution is -2.61. The van der Waals surface area contributed by atoms with Crippen molar-refractivity contribution in [3.05, 3.63) is 0 Å². The molecule has 1 saturated heterocycles. The Morgan fingerprint density at radius 2 is 1.68 bits per heavy atom. The Bertz CT molecular complexity index is 326. The molecule has 1 rings (SSSR count). The summed E-state index contributed by atoms with van der Waals surface area (Å²) in [6, 6.07) is 0. The lowest BCUT2D eigenvalue weighted by atomic mass is 9.75. The average Bonchev–Trinajstić information content (AvgIpc) is 2.11. The summed E-state index contributed by atoms with van der Waals surface area (Å²) in [5.74, 6) is -1.10. The van der Waals surface area contributed by atoms with Crippen molar-refractivity contribution in [3.63, 3.8) is 0 Å². The van der Waals surface area contributed by atoms with Gasteiger partial charge >= 0.3 is 5.97 Å². The van der Waals surface area contributed by atoms with Gasteiger partial charge in [-0.2, -0.15) is 5.06 Å². The van der Waals surface area contributed by atoms with Gasteiger partial charge in [0.05, 0.1) is 18.1 Å². The molecule has 0 atom stereocenters. The summed E-state index contributed by atoms with van der Waals surface area (Å²) in [7, 11) is 0. The van der Waals surface area contributed by atoms with Gasteiger partial charge in [0.1, 0.15) is 0 Å². The number of nitrogens with zero attached hydrogens (tertiary/aromatic N) is 1. The molecule has 19 heavy (non-hydrogen) atoms. The van der Waals surface area contributed by atoms with Crippen LogP contribution >= 0.6 is 0 Å². The summed E-state index contributed by atoms with van der Waals surface area (Å²) >= 11 is 0. The summed E-state index contributed by atoms with van der Waals surface area (Å²) < 4.78 is 0. The van der Waals surface area contributed by atoms with Crippen LogP contribution < -0.4 is 0 Å². The van der Waals surface area contributed by atoms with Crippen LogP contribution in [0.4, 0.5) is 0 Å². The zero-order valence-electron chi connectivity index (χ0n) is 12.9. The molecule has 0 aromatic rings. The van der Waals surface area contributed by atoms with Crippen molar-refractivity contribution in [3.8, 4) is 0 Å². The molecule has 1 heterocycles. The van der Waals surface area contributed by atoms with E-state index in [1.165, 1.54) is 0 Å². The van der Waals surface area contributed by atoms with E-state index in [1.807, 2.05) is 32.8 Å². The smallest absolute Gasteiger partial charge is 0.306 e. The fourth-order valence-corrected chi connectivity index (χ4v) is 3.01. The molecule has 5 nitrogen and oxygen atoms in total. The van der Waals surface area contributed by atoms with Crippen LogP contribution in [0.1, 0.15) is 54.4 Å². The van der Waals surface area contributed by atoms with Crippen LogP contribution in [0.2, 0.25) is 0 Å². The predicted molar refractivity (Wildman–Crippen MR) is 72.6 cm³/mol. The lowest BCUT2D eigenvalue weighted by molar-refractivity contribution is -0.302. The van der Waals surface area contributed by atoms with E-state index in [9.17, 15) is 15.0 Å². The standard InChI is InChI=1S/C14H27NO4/c1-12(2)7-10(11(16)17)8-13(3,4)15(12)19-9-14(5,6)18/h10,18H,7-9H2,1-6H3,(H,16,17). The second kappa shape index (κ2) is 5.04. The Hall–Kier alpha value is -0.650. The Labute approximate surface area is 115 Å². The number of carbonyl (C=O) groups is 1. The molecule has 0 bridgehead atoms. The maximum absolute atomic E-state index is 11.3. The highest BCUT2D eigenvalue weighted by atomic mass is 16.7. The molecule has 0 amide bonds. The number of carboxylic acid groups (broad SMARTS) is 1. The van der Waals surface area contributed by atoms with Crippen molar-refractivity contribution >= 4 is 5.97 Å². The van der Waals surface area contributed by atoms with Crippen LogP contribution in [-0.2, 0) is 9.63 Å². The maximum atomic E-state index is 11.3. The fourth-order valence-electron chi connectivity index (χ4n) is 3.01. The van der Waals surface area contributed by atoms with Gasteiger partial charge in [-0.1, -0.05) is 0 Å². The average molecular weight is 273 g/mol. The summed E-state index contributed by atoms with van der Waals surface area (Å²) in [5.41, 5.74) is -1.66. The van der Waals surface area contributed by atoms with Crippen LogP contribution in [-0.4, -0.2) is 44.5 Å². The van der Waals surface area contributed by atoms with Gasteiger partial charge in [-0.25, -0.2) is 0 Å². The van der Waals surface area contributed by atoms with Crippen LogP contribution in [0.5, 0.6) is 0 Å². The molecular formula is C14H27NO4. The van der Waals surface area contributed by atoms with Crippen molar-refractivity contribution in [1.29, 1.82) is 0 Å². The van der Waals surface area contributed by atoms with E-state index in [-0.39, 0.29) is 23.6 Å². The van der Waals surface area contributed by atoms with Gasteiger partial charge in [-0.15, -0.1) is 0 Å². The monoisotopic (exact) mass is 273 g/mol.